The van der Waals surface area contributed by atoms with Gasteiger partial charge in [-0.1, -0.05) is 30.9 Å². The molecule has 1 aromatic heterocycles. The highest BCUT2D eigenvalue weighted by atomic mass is 19.1. The zero-order valence-corrected chi connectivity index (χ0v) is 18.7. The predicted octanol–water partition coefficient (Wildman–Crippen LogP) is 4.37. The number of carbonyl (C=O) groups excluding carboxylic acids is 1. The SMILES string of the molecule is C=C/C(=C\C=NC)c1n[nH]c2ccc(C(=O)NC3CCCN(Cc4ccccc4F)C3)cc12. The van der Waals surface area contributed by atoms with Gasteiger partial charge in [0.25, 0.3) is 5.91 Å². The van der Waals surface area contributed by atoms with Gasteiger partial charge in [-0.25, -0.2) is 4.39 Å². The van der Waals surface area contributed by atoms with Gasteiger partial charge in [0.1, 0.15) is 5.82 Å². The van der Waals surface area contributed by atoms with Gasteiger partial charge in [-0.3, -0.25) is 19.8 Å². The summed E-state index contributed by atoms with van der Waals surface area (Å²) in [6.45, 7) is 5.99. The highest BCUT2D eigenvalue weighted by Crippen LogP contribution is 2.25. The number of likely N-dealkylation sites (tertiary alicyclic amines) is 1. The third-order valence-corrected chi connectivity index (χ3v) is 5.91. The molecule has 1 amide bonds. The van der Waals surface area contributed by atoms with Gasteiger partial charge < -0.3 is 5.32 Å². The van der Waals surface area contributed by atoms with Crippen LogP contribution in [0.5, 0.6) is 0 Å². The smallest absolute Gasteiger partial charge is 0.251 e. The van der Waals surface area contributed by atoms with E-state index in [9.17, 15) is 9.18 Å². The van der Waals surface area contributed by atoms with Gasteiger partial charge >= 0.3 is 0 Å². The first-order valence-electron chi connectivity index (χ1n) is 11.1. The van der Waals surface area contributed by atoms with Gasteiger partial charge in [-0.05, 0) is 49.7 Å². The Morgan fingerprint density at radius 1 is 1.36 bits per heavy atom. The number of benzene rings is 2. The molecule has 2 N–H and O–H groups in total. The van der Waals surface area contributed by atoms with Gasteiger partial charge in [0.05, 0.1) is 11.2 Å². The second-order valence-corrected chi connectivity index (χ2v) is 8.21. The number of fused-ring (bicyclic) bond motifs is 1. The van der Waals surface area contributed by atoms with Gasteiger partial charge in [-0.15, -0.1) is 0 Å². The number of halogens is 1. The van der Waals surface area contributed by atoms with Gasteiger partial charge in [0, 0.05) is 54.5 Å². The topological polar surface area (TPSA) is 73.4 Å². The number of aromatic amines is 1. The molecule has 0 bridgehead atoms. The average Bonchev–Trinajstić information content (AvgIpc) is 3.25. The lowest BCUT2D eigenvalue weighted by Gasteiger charge is -2.33. The minimum atomic E-state index is -0.189. The monoisotopic (exact) mass is 445 g/mol. The fraction of sp³-hybridized carbons (Fsp3) is 0.269. The first-order valence-corrected chi connectivity index (χ1v) is 11.1. The molecule has 1 saturated heterocycles. The Labute approximate surface area is 192 Å². The van der Waals surface area contributed by atoms with Crippen molar-refractivity contribution in [1.82, 2.24) is 20.4 Å². The number of hydrogen-bond donors (Lipinski definition) is 2. The Bertz CT molecular complexity index is 1210. The molecule has 6 nitrogen and oxygen atoms in total. The molecule has 0 radical (unpaired) electrons. The van der Waals surface area contributed by atoms with E-state index in [2.05, 4.69) is 32.0 Å². The number of piperidine rings is 1. The molecule has 2 heterocycles. The molecule has 1 unspecified atom stereocenters. The van der Waals surface area contributed by atoms with Crippen LogP contribution in [0.3, 0.4) is 0 Å². The Kier molecular flexibility index (Phi) is 7.10. The van der Waals surface area contributed by atoms with Crippen LogP contribution in [-0.4, -0.2) is 53.4 Å². The van der Waals surface area contributed by atoms with Crippen molar-refractivity contribution >= 4 is 28.6 Å². The summed E-state index contributed by atoms with van der Waals surface area (Å²) >= 11 is 0. The molecular weight excluding hydrogens is 417 g/mol. The molecule has 0 aliphatic carbocycles. The zero-order chi connectivity index (χ0) is 23.2. The molecule has 1 fully saturated rings. The largest absolute Gasteiger partial charge is 0.348 e. The maximum Gasteiger partial charge on any atom is 0.251 e. The first-order chi connectivity index (χ1) is 16.1. The summed E-state index contributed by atoms with van der Waals surface area (Å²) in [7, 11) is 1.70. The number of nitrogens with one attached hydrogen (secondary N) is 2. The molecule has 170 valence electrons. The summed E-state index contributed by atoms with van der Waals surface area (Å²) in [6.07, 6.45) is 7.09. The van der Waals surface area contributed by atoms with E-state index >= 15 is 0 Å². The lowest BCUT2D eigenvalue weighted by molar-refractivity contribution is 0.0900. The summed E-state index contributed by atoms with van der Waals surface area (Å²) in [4.78, 5) is 19.2. The molecule has 33 heavy (non-hydrogen) atoms. The fourth-order valence-electron chi connectivity index (χ4n) is 4.23. The number of amides is 1. The van der Waals surface area contributed by atoms with Crippen LogP contribution < -0.4 is 5.32 Å². The van der Waals surface area contributed by atoms with Crippen molar-refractivity contribution in [2.45, 2.75) is 25.4 Å². The molecule has 1 aliphatic rings. The number of nitrogens with zero attached hydrogens (tertiary/aromatic N) is 3. The number of allylic oxidation sites excluding steroid dienone is 3. The van der Waals surface area contributed by atoms with Crippen molar-refractivity contribution in [2.24, 2.45) is 4.99 Å². The van der Waals surface area contributed by atoms with E-state index in [1.807, 2.05) is 30.3 Å². The minimum absolute atomic E-state index is 0.0157. The third-order valence-electron chi connectivity index (χ3n) is 5.91. The second kappa shape index (κ2) is 10.4. The quantitative estimate of drug-likeness (QED) is 0.419. The summed E-state index contributed by atoms with van der Waals surface area (Å²) in [6, 6.07) is 12.4. The van der Waals surface area contributed by atoms with Crippen LogP contribution in [0.15, 0.2) is 66.2 Å². The van der Waals surface area contributed by atoms with Crippen molar-refractivity contribution in [3.05, 3.63) is 83.8 Å². The summed E-state index contributed by atoms with van der Waals surface area (Å²) < 4.78 is 14.0. The average molecular weight is 446 g/mol. The molecular formula is C26H28FN5O. The molecule has 2 aromatic carbocycles. The first kappa shape index (κ1) is 22.6. The Hall–Kier alpha value is -3.58. The van der Waals surface area contributed by atoms with E-state index in [0.29, 0.717) is 24.2 Å². The van der Waals surface area contributed by atoms with Crippen LogP contribution in [0.4, 0.5) is 4.39 Å². The molecule has 0 saturated carbocycles. The van der Waals surface area contributed by atoms with Crippen molar-refractivity contribution in [2.75, 3.05) is 20.1 Å². The molecule has 1 aliphatic heterocycles. The lowest BCUT2D eigenvalue weighted by Crippen LogP contribution is -2.47. The van der Waals surface area contributed by atoms with E-state index in [0.717, 1.165) is 41.6 Å². The number of carbonyl (C=O) groups is 1. The van der Waals surface area contributed by atoms with Crippen molar-refractivity contribution < 1.29 is 9.18 Å². The minimum Gasteiger partial charge on any atom is -0.348 e. The normalized spacial score (nSPS) is 17.5. The molecule has 4 rings (SSSR count). The number of aromatic nitrogens is 2. The lowest BCUT2D eigenvalue weighted by atomic mass is 10.0. The zero-order valence-electron chi connectivity index (χ0n) is 18.7. The maximum atomic E-state index is 14.0. The molecule has 1 atom stereocenters. The van der Waals surface area contributed by atoms with Crippen LogP contribution in [-0.2, 0) is 6.54 Å². The van der Waals surface area contributed by atoms with Crippen molar-refractivity contribution in [1.29, 1.82) is 0 Å². The van der Waals surface area contributed by atoms with Gasteiger partial charge in [0.15, 0.2) is 0 Å². The van der Waals surface area contributed by atoms with Crippen LogP contribution in [0.25, 0.3) is 16.5 Å². The van der Waals surface area contributed by atoms with E-state index < -0.39 is 0 Å². The second-order valence-electron chi connectivity index (χ2n) is 8.21. The fourth-order valence-corrected chi connectivity index (χ4v) is 4.23. The Morgan fingerprint density at radius 2 is 2.21 bits per heavy atom. The van der Waals surface area contributed by atoms with E-state index in [1.165, 1.54) is 6.07 Å². The Balaban J connectivity index is 1.47. The third kappa shape index (κ3) is 5.26. The van der Waals surface area contributed by atoms with Crippen LogP contribution >= 0.6 is 0 Å². The molecule has 0 spiro atoms. The van der Waals surface area contributed by atoms with E-state index in [4.69, 9.17) is 0 Å². The van der Waals surface area contributed by atoms with Crippen LogP contribution in [0, 0.1) is 5.82 Å². The number of rotatable bonds is 7. The van der Waals surface area contributed by atoms with Crippen LogP contribution in [0.1, 0.15) is 34.5 Å². The maximum absolute atomic E-state index is 14.0. The highest BCUT2D eigenvalue weighted by Gasteiger charge is 2.23. The number of hydrogen-bond acceptors (Lipinski definition) is 4. The highest BCUT2D eigenvalue weighted by molar-refractivity contribution is 6.02. The molecule has 7 heteroatoms. The van der Waals surface area contributed by atoms with E-state index in [1.54, 1.807) is 31.5 Å². The predicted molar refractivity (Wildman–Crippen MR) is 131 cm³/mol. The number of H-pyrrole nitrogens is 1. The van der Waals surface area contributed by atoms with Gasteiger partial charge in [0.2, 0.25) is 0 Å². The van der Waals surface area contributed by atoms with Crippen LogP contribution in [0.2, 0.25) is 0 Å². The van der Waals surface area contributed by atoms with Gasteiger partial charge in [-0.2, -0.15) is 5.10 Å². The summed E-state index contributed by atoms with van der Waals surface area (Å²) in [5.41, 5.74) is 3.64. The van der Waals surface area contributed by atoms with E-state index in [-0.39, 0.29) is 17.8 Å². The summed E-state index contributed by atoms with van der Waals surface area (Å²) in [5.74, 6) is -0.313. The molecule has 3 aromatic rings. The van der Waals surface area contributed by atoms with Crippen molar-refractivity contribution in [3.63, 3.8) is 0 Å². The Morgan fingerprint density at radius 3 is 3.00 bits per heavy atom. The summed E-state index contributed by atoms with van der Waals surface area (Å²) in [5, 5.41) is 11.4. The number of aliphatic imine (C=N–C) groups is 1. The van der Waals surface area contributed by atoms with Crippen molar-refractivity contribution in [3.8, 4) is 0 Å². The standard InChI is InChI=1S/C26H28FN5O/c1-3-18(12-13-28-2)25-22-15-19(10-11-24(22)30-31-25)26(33)29-21-8-6-14-32(17-21)16-20-7-4-5-9-23(20)27/h3-5,7,9-13,15,21H,1,6,8,14,16-17H2,2H3,(H,29,33)(H,30,31)/b18-12+,28-13?.